The number of hydrogen-bond donors (Lipinski definition) is 1. The van der Waals surface area contributed by atoms with E-state index in [-0.39, 0.29) is 18.1 Å². The van der Waals surface area contributed by atoms with Crippen LogP contribution in [0.25, 0.3) is 0 Å². The van der Waals surface area contributed by atoms with Gasteiger partial charge in [0, 0.05) is 12.1 Å². The van der Waals surface area contributed by atoms with E-state index >= 15 is 0 Å². The number of hydrogen-bond acceptors (Lipinski definition) is 4. The summed E-state index contributed by atoms with van der Waals surface area (Å²) >= 11 is 5.64. The maximum absolute atomic E-state index is 13.4. The molecule has 0 unspecified atom stereocenters. The minimum absolute atomic E-state index is 0.0373. The molecule has 0 radical (unpaired) electrons. The van der Waals surface area contributed by atoms with Gasteiger partial charge in [-0.2, -0.15) is 0 Å². The summed E-state index contributed by atoms with van der Waals surface area (Å²) in [6.07, 6.45) is 2.79. The molecule has 2 rings (SSSR count). The Morgan fingerprint density at radius 3 is 2.65 bits per heavy atom. The highest BCUT2D eigenvalue weighted by molar-refractivity contribution is 6.30. The Balaban J connectivity index is 2.29. The van der Waals surface area contributed by atoms with Gasteiger partial charge in [-0.15, -0.1) is 0 Å². The summed E-state index contributed by atoms with van der Waals surface area (Å²) < 4.78 is 18.7. The Kier molecular flexibility index (Phi) is 3.51. The molecule has 17 heavy (non-hydrogen) atoms. The molecule has 4 nitrogen and oxygen atoms in total. The summed E-state index contributed by atoms with van der Waals surface area (Å²) in [6, 6.07) is 4.54. The molecule has 0 aliphatic heterocycles. The van der Waals surface area contributed by atoms with E-state index in [1.54, 1.807) is 6.07 Å². The van der Waals surface area contributed by atoms with E-state index in [0.717, 1.165) is 0 Å². The Hall–Kier alpha value is -1.72. The molecule has 0 saturated heterocycles. The molecule has 1 aromatic carbocycles. The van der Waals surface area contributed by atoms with E-state index in [2.05, 4.69) is 9.97 Å². The van der Waals surface area contributed by atoms with Crippen molar-refractivity contribution in [1.82, 2.24) is 9.97 Å². The van der Waals surface area contributed by atoms with E-state index in [1.165, 1.54) is 24.5 Å². The first-order chi connectivity index (χ1) is 8.20. The fourth-order valence-corrected chi connectivity index (χ4v) is 1.38. The predicted octanol–water partition coefficient (Wildman–Crippen LogP) is 2.52. The lowest BCUT2D eigenvalue weighted by molar-refractivity contribution is 0.431. The van der Waals surface area contributed by atoms with Crippen molar-refractivity contribution in [2.24, 2.45) is 5.73 Å². The molecule has 6 heteroatoms. The maximum atomic E-state index is 13.4. The van der Waals surface area contributed by atoms with Crippen molar-refractivity contribution in [2.45, 2.75) is 6.54 Å². The van der Waals surface area contributed by atoms with Crippen LogP contribution in [0.3, 0.4) is 0 Å². The van der Waals surface area contributed by atoms with Gasteiger partial charge in [0.1, 0.15) is 11.6 Å². The van der Waals surface area contributed by atoms with Crippen molar-refractivity contribution in [3.63, 3.8) is 0 Å². The molecule has 0 saturated carbocycles. The minimum Gasteiger partial charge on any atom is -0.424 e. The molecule has 0 aliphatic rings. The van der Waals surface area contributed by atoms with Crippen molar-refractivity contribution in [1.29, 1.82) is 0 Å². The molecule has 2 N–H and O–H groups in total. The number of aromatic nitrogens is 2. The first kappa shape index (κ1) is 11.8. The second-order valence-electron chi connectivity index (χ2n) is 3.21. The monoisotopic (exact) mass is 253 g/mol. The summed E-state index contributed by atoms with van der Waals surface area (Å²) in [5, 5.41) is 0.399. The SMILES string of the molecule is NCc1c(F)cccc1Oc1ncc(Cl)cn1. The average Bonchev–Trinajstić information content (AvgIpc) is 2.32. The third-order valence-electron chi connectivity index (χ3n) is 2.08. The van der Waals surface area contributed by atoms with E-state index in [4.69, 9.17) is 22.1 Å². The van der Waals surface area contributed by atoms with Crippen LogP contribution in [0.2, 0.25) is 5.02 Å². The van der Waals surface area contributed by atoms with Crippen LogP contribution in [0.5, 0.6) is 11.8 Å². The largest absolute Gasteiger partial charge is 0.424 e. The number of rotatable bonds is 3. The van der Waals surface area contributed by atoms with Crippen LogP contribution in [0.1, 0.15) is 5.56 Å². The molecule has 0 aliphatic carbocycles. The Bertz CT molecular complexity index is 519. The third kappa shape index (κ3) is 2.69. The van der Waals surface area contributed by atoms with E-state index in [0.29, 0.717) is 10.8 Å². The summed E-state index contributed by atoms with van der Waals surface area (Å²) in [5.41, 5.74) is 5.73. The quantitative estimate of drug-likeness (QED) is 0.913. The zero-order valence-corrected chi connectivity index (χ0v) is 9.49. The smallest absolute Gasteiger partial charge is 0.321 e. The number of halogens is 2. The average molecular weight is 254 g/mol. The van der Waals surface area contributed by atoms with Crippen molar-refractivity contribution in [2.75, 3.05) is 0 Å². The van der Waals surface area contributed by atoms with Gasteiger partial charge in [-0.05, 0) is 12.1 Å². The van der Waals surface area contributed by atoms with Crippen LogP contribution in [-0.2, 0) is 6.54 Å². The van der Waals surface area contributed by atoms with Gasteiger partial charge in [0.05, 0.1) is 17.4 Å². The normalized spacial score (nSPS) is 10.3. The molecule has 0 bridgehead atoms. The van der Waals surface area contributed by atoms with Crippen LogP contribution in [0, 0.1) is 5.82 Å². The highest BCUT2D eigenvalue weighted by Crippen LogP contribution is 2.24. The van der Waals surface area contributed by atoms with E-state index in [1.807, 2.05) is 0 Å². The maximum Gasteiger partial charge on any atom is 0.321 e. The Morgan fingerprint density at radius 2 is 2.00 bits per heavy atom. The molecule has 2 aromatic rings. The first-order valence-corrected chi connectivity index (χ1v) is 5.21. The lowest BCUT2D eigenvalue weighted by Gasteiger charge is -2.08. The van der Waals surface area contributed by atoms with Crippen LogP contribution < -0.4 is 10.5 Å². The van der Waals surface area contributed by atoms with Gasteiger partial charge in [0.2, 0.25) is 0 Å². The summed E-state index contributed by atoms with van der Waals surface area (Å²) in [4.78, 5) is 7.70. The summed E-state index contributed by atoms with van der Waals surface area (Å²) in [6.45, 7) is 0.0373. The van der Waals surface area contributed by atoms with E-state index in [9.17, 15) is 4.39 Å². The molecule has 1 aromatic heterocycles. The number of nitrogens with two attached hydrogens (primary N) is 1. The third-order valence-corrected chi connectivity index (χ3v) is 2.27. The second-order valence-corrected chi connectivity index (χ2v) is 3.64. The standard InChI is InChI=1S/C11H9ClFN3O/c12-7-5-15-11(16-6-7)17-10-3-1-2-9(13)8(10)4-14/h1-3,5-6H,4,14H2. The van der Waals surface area contributed by atoms with Gasteiger partial charge in [0.25, 0.3) is 0 Å². The fraction of sp³-hybridized carbons (Fsp3) is 0.0909. The Labute approximate surface area is 102 Å². The number of ether oxygens (including phenoxy) is 1. The molecule has 0 amide bonds. The fourth-order valence-electron chi connectivity index (χ4n) is 1.28. The highest BCUT2D eigenvalue weighted by atomic mass is 35.5. The highest BCUT2D eigenvalue weighted by Gasteiger charge is 2.09. The van der Waals surface area contributed by atoms with Crippen molar-refractivity contribution < 1.29 is 9.13 Å². The van der Waals surface area contributed by atoms with Crippen LogP contribution >= 0.6 is 11.6 Å². The molecule has 1 heterocycles. The van der Waals surface area contributed by atoms with Gasteiger partial charge in [-0.25, -0.2) is 14.4 Å². The number of benzene rings is 1. The predicted molar refractivity (Wildman–Crippen MR) is 61.4 cm³/mol. The van der Waals surface area contributed by atoms with Gasteiger partial charge in [-0.1, -0.05) is 17.7 Å². The van der Waals surface area contributed by atoms with Crippen molar-refractivity contribution >= 4 is 11.6 Å². The Morgan fingerprint density at radius 1 is 1.29 bits per heavy atom. The topological polar surface area (TPSA) is 61.0 Å². The zero-order valence-electron chi connectivity index (χ0n) is 8.73. The second kappa shape index (κ2) is 5.07. The lowest BCUT2D eigenvalue weighted by atomic mass is 10.2. The van der Waals surface area contributed by atoms with Crippen molar-refractivity contribution in [3.8, 4) is 11.8 Å². The summed E-state index contributed by atoms with van der Waals surface area (Å²) in [7, 11) is 0. The van der Waals surface area contributed by atoms with Gasteiger partial charge in [-0.3, -0.25) is 0 Å². The zero-order chi connectivity index (χ0) is 12.3. The van der Waals surface area contributed by atoms with Crippen molar-refractivity contribution in [3.05, 3.63) is 47.0 Å². The molecular weight excluding hydrogens is 245 g/mol. The molecule has 88 valence electrons. The van der Waals surface area contributed by atoms with Crippen LogP contribution in [0.15, 0.2) is 30.6 Å². The van der Waals surface area contributed by atoms with Gasteiger partial charge >= 0.3 is 6.01 Å². The van der Waals surface area contributed by atoms with E-state index < -0.39 is 5.82 Å². The molecular formula is C11H9ClFN3O. The van der Waals surface area contributed by atoms with Gasteiger partial charge < -0.3 is 10.5 Å². The van der Waals surface area contributed by atoms with Gasteiger partial charge in [0.15, 0.2) is 0 Å². The lowest BCUT2D eigenvalue weighted by Crippen LogP contribution is -2.03. The summed E-state index contributed by atoms with van der Waals surface area (Å²) in [5.74, 6) is -0.117. The van der Waals surface area contributed by atoms with Crippen LogP contribution in [-0.4, -0.2) is 9.97 Å². The first-order valence-electron chi connectivity index (χ1n) is 4.83. The number of nitrogens with zero attached hydrogens (tertiary/aromatic N) is 2. The minimum atomic E-state index is -0.418. The molecule has 0 spiro atoms. The molecule has 0 fully saturated rings. The van der Waals surface area contributed by atoms with Crippen LogP contribution in [0.4, 0.5) is 4.39 Å². The molecule has 0 atom stereocenters.